The van der Waals surface area contributed by atoms with Crippen molar-refractivity contribution in [1.29, 1.82) is 0 Å². The third-order valence-electron chi connectivity index (χ3n) is 3.18. The Morgan fingerprint density at radius 3 is 2.89 bits per heavy atom. The summed E-state index contributed by atoms with van der Waals surface area (Å²) in [6.07, 6.45) is 1.24. The molecule has 2 heterocycles. The second kappa shape index (κ2) is 6.67. The van der Waals surface area contributed by atoms with Gasteiger partial charge in [0.2, 0.25) is 0 Å². The highest BCUT2D eigenvalue weighted by Crippen LogP contribution is 2.23. The summed E-state index contributed by atoms with van der Waals surface area (Å²) in [6.45, 7) is 6.58. The Kier molecular flexibility index (Phi) is 5.19. The van der Waals surface area contributed by atoms with Crippen LogP contribution in [0.5, 0.6) is 0 Å². The van der Waals surface area contributed by atoms with Crippen molar-refractivity contribution in [3.63, 3.8) is 0 Å². The average molecular weight is 285 g/mol. The van der Waals surface area contributed by atoms with Gasteiger partial charge in [-0.25, -0.2) is 4.98 Å². The Hall–Kier alpha value is -0.410. The van der Waals surface area contributed by atoms with Gasteiger partial charge in [0.05, 0.1) is 0 Å². The first-order valence-electron chi connectivity index (χ1n) is 6.60. The van der Waals surface area contributed by atoms with Gasteiger partial charge in [0, 0.05) is 30.4 Å². The largest absolute Gasteiger partial charge is 0.356 e. The highest BCUT2D eigenvalue weighted by Gasteiger charge is 2.14. The number of thioether (sulfide) groups is 1. The van der Waals surface area contributed by atoms with Crippen LogP contribution >= 0.6 is 23.4 Å². The number of anilines is 1. The number of halogens is 1. The van der Waals surface area contributed by atoms with Crippen LogP contribution in [0.15, 0.2) is 12.1 Å². The highest BCUT2D eigenvalue weighted by molar-refractivity contribution is 7.99. The molecule has 100 valence electrons. The molecule has 0 bridgehead atoms. The van der Waals surface area contributed by atoms with Crippen molar-refractivity contribution >= 4 is 29.2 Å². The van der Waals surface area contributed by atoms with Gasteiger partial charge in [-0.2, -0.15) is 11.8 Å². The van der Waals surface area contributed by atoms with E-state index in [1.807, 2.05) is 11.8 Å². The van der Waals surface area contributed by atoms with E-state index in [0.29, 0.717) is 11.8 Å². The summed E-state index contributed by atoms with van der Waals surface area (Å²) in [6, 6.07) is 4.28. The SMILES string of the molecule is CC(C)c1cc(CCl)cc(N2CCCSCC2)n1. The van der Waals surface area contributed by atoms with Crippen molar-refractivity contribution < 1.29 is 0 Å². The van der Waals surface area contributed by atoms with E-state index >= 15 is 0 Å². The molecule has 1 aliphatic rings. The summed E-state index contributed by atoms with van der Waals surface area (Å²) in [5.74, 6) is 4.59. The smallest absolute Gasteiger partial charge is 0.129 e. The molecule has 18 heavy (non-hydrogen) atoms. The summed E-state index contributed by atoms with van der Waals surface area (Å²) < 4.78 is 0. The topological polar surface area (TPSA) is 16.1 Å². The lowest BCUT2D eigenvalue weighted by atomic mass is 10.1. The molecule has 0 unspecified atom stereocenters. The standard InChI is InChI=1S/C14H21ClN2S/c1-11(2)13-8-12(10-15)9-14(16-13)17-4-3-6-18-7-5-17/h8-9,11H,3-7,10H2,1-2H3. The number of hydrogen-bond donors (Lipinski definition) is 0. The molecule has 1 saturated heterocycles. The molecule has 0 atom stereocenters. The van der Waals surface area contributed by atoms with E-state index in [0.717, 1.165) is 24.6 Å². The lowest BCUT2D eigenvalue weighted by Gasteiger charge is -2.23. The maximum absolute atomic E-state index is 6.00. The van der Waals surface area contributed by atoms with E-state index in [-0.39, 0.29) is 0 Å². The molecule has 0 saturated carbocycles. The number of rotatable bonds is 3. The first kappa shape index (κ1) is 14.0. The van der Waals surface area contributed by atoms with Crippen molar-refractivity contribution in [3.05, 3.63) is 23.4 Å². The Bertz CT molecular complexity index is 387. The van der Waals surface area contributed by atoms with Crippen LogP contribution in [0.1, 0.15) is 37.4 Å². The Labute approximate surface area is 119 Å². The molecule has 4 heteroatoms. The van der Waals surface area contributed by atoms with Crippen LogP contribution in [0.4, 0.5) is 5.82 Å². The van der Waals surface area contributed by atoms with Gasteiger partial charge in [0.15, 0.2) is 0 Å². The molecule has 0 radical (unpaired) electrons. The molecule has 0 aromatic carbocycles. The first-order valence-corrected chi connectivity index (χ1v) is 8.29. The van der Waals surface area contributed by atoms with Crippen LogP contribution < -0.4 is 4.90 Å². The quantitative estimate of drug-likeness (QED) is 0.784. The molecule has 0 amide bonds. The van der Waals surface area contributed by atoms with Crippen LogP contribution in [0.3, 0.4) is 0 Å². The van der Waals surface area contributed by atoms with Gasteiger partial charge in [-0.15, -0.1) is 11.6 Å². The van der Waals surface area contributed by atoms with Crippen molar-refractivity contribution in [3.8, 4) is 0 Å². The lowest BCUT2D eigenvalue weighted by molar-refractivity contribution is 0.772. The molecule has 0 spiro atoms. The molecule has 2 nitrogen and oxygen atoms in total. The normalized spacial score (nSPS) is 17.0. The summed E-state index contributed by atoms with van der Waals surface area (Å²) >= 11 is 8.04. The van der Waals surface area contributed by atoms with E-state index in [2.05, 4.69) is 30.9 Å². The van der Waals surface area contributed by atoms with E-state index in [4.69, 9.17) is 16.6 Å². The van der Waals surface area contributed by atoms with E-state index in [1.54, 1.807) is 0 Å². The van der Waals surface area contributed by atoms with Crippen molar-refractivity contribution in [2.75, 3.05) is 29.5 Å². The molecule has 1 aromatic rings. The number of hydrogen-bond acceptors (Lipinski definition) is 3. The zero-order valence-electron chi connectivity index (χ0n) is 11.2. The average Bonchev–Trinajstić information content (AvgIpc) is 2.67. The summed E-state index contributed by atoms with van der Waals surface area (Å²) in [5, 5.41) is 0. The molecular formula is C14H21ClN2S. The summed E-state index contributed by atoms with van der Waals surface area (Å²) in [7, 11) is 0. The Morgan fingerprint density at radius 1 is 1.33 bits per heavy atom. The van der Waals surface area contributed by atoms with Gasteiger partial charge < -0.3 is 4.90 Å². The van der Waals surface area contributed by atoms with E-state index in [9.17, 15) is 0 Å². The van der Waals surface area contributed by atoms with Gasteiger partial charge in [0.1, 0.15) is 5.82 Å². The van der Waals surface area contributed by atoms with Crippen LogP contribution in [0, 0.1) is 0 Å². The van der Waals surface area contributed by atoms with E-state index in [1.165, 1.54) is 23.5 Å². The van der Waals surface area contributed by atoms with Crippen molar-refractivity contribution in [2.45, 2.75) is 32.1 Å². The van der Waals surface area contributed by atoms with Gasteiger partial charge in [-0.1, -0.05) is 13.8 Å². The minimum Gasteiger partial charge on any atom is -0.356 e. The number of aromatic nitrogens is 1. The minimum atomic E-state index is 0.452. The zero-order valence-corrected chi connectivity index (χ0v) is 12.7. The molecule has 1 aromatic heterocycles. The fraction of sp³-hybridized carbons (Fsp3) is 0.643. The van der Waals surface area contributed by atoms with Crippen LogP contribution in [-0.4, -0.2) is 29.6 Å². The summed E-state index contributed by atoms with van der Waals surface area (Å²) in [5.41, 5.74) is 2.34. The zero-order chi connectivity index (χ0) is 13.0. The molecule has 1 fully saturated rings. The first-order chi connectivity index (χ1) is 8.70. The predicted octanol–water partition coefficient (Wildman–Crippen LogP) is 3.89. The van der Waals surface area contributed by atoms with Crippen molar-refractivity contribution in [2.24, 2.45) is 0 Å². The van der Waals surface area contributed by atoms with Gasteiger partial charge in [-0.05, 0) is 35.8 Å². The third-order valence-corrected chi connectivity index (χ3v) is 4.54. The highest BCUT2D eigenvalue weighted by atomic mass is 35.5. The Balaban J connectivity index is 2.27. The van der Waals surface area contributed by atoms with Crippen LogP contribution in [0.2, 0.25) is 0 Å². The van der Waals surface area contributed by atoms with Crippen LogP contribution in [0.25, 0.3) is 0 Å². The van der Waals surface area contributed by atoms with Crippen LogP contribution in [-0.2, 0) is 5.88 Å². The maximum atomic E-state index is 6.00. The maximum Gasteiger partial charge on any atom is 0.129 e. The monoisotopic (exact) mass is 284 g/mol. The third kappa shape index (κ3) is 3.55. The molecule has 0 N–H and O–H groups in total. The number of nitrogens with zero attached hydrogens (tertiary/aromatic N) is 2. The fourth-order valence-electron chi connectivity index (χ4n) is 2.10. The van der Waals surface area contributed by atoms with Crippen molar-refractivity contribution in [1.82, 2.24) is 4.98 Å². The number of alkyl halides is 1. The molecular weight excluding hydrogens is 264 g/mol. The second-order valence-corrected chi connectivity index (χ2v) is 6.49. The summed E-state index contributed by atoms with van der Waals surface area (Å²) in [4.78, 5) is 7.21. The fourth-order valence-corrected chi connectivity index (χ4v) is 3.15. The molecule has 1 aliphatic heterocycles. The van der Waals surface area contributed by atoms with Gasteiger partial charge in [0.25, 0.3) is 0 Å². The minimum absolute atomic E-state index is 0.452. The van der Waals surface area contributed by atoms with Gasteiger partial charge >= 0.3 is 0 Å². The molecule has 2 rings (SSSR count). The van der Waals surface area contributed by atoms with E-state index < -0.39 is 0 Å². The second-order valence-electron chi connectivity index (χ2n) is 5.00. The Morgan fingerprint density at radius 2 is 2.17 bits per heavy atom. The molecule has 0 aliphatic carbocycles. The number of pyridine rings is 1. The van der Waals surface area contributed by atoms with Gasteiger partial charge in [-0.3, -0.25) is 0 Å². The lowest BCUT2D eigenvalue weighted by Crippen LogP contribution is -2.26. The predicted molar refractivity (Wildman–Crippen MR) is 82.0 cm³/mol.